The van der Waals surface area contributed by atoms with E-state index in [1.807, 2.05) is 6.07 Å². The number of amides is 1. The van der Waals surface area contributed by atoms with Gasteiger partial charge in [0.1, 0.15) is 18.0 Å². The van der Waals surface area contributed by atoms with Crippen LogP contribution >= 0.6 is 0 Å². The Morgan fingerprint density at radius 1 is 1.28 bits per heavy atom. The van der Waals surface area contributed by atoms with E-state index < -0.39 is 0 Å². The van der Waals surface area contributed by atoms with Crippen molar-refractivity contribution < 1.29 is 14.3 Å². The summed E-state index contributed by atoms with van der Waals surface area (Å²) < 4.78 is 10.2. The minimum absolute atomic E-state index is 0.00193. The maximum atomic E-state index is 11.3. The van der Waals surface area contributed by atoms with Crippen molar-refractivity contribution >= 4 is 11.6 Å². The van der Waals surface area contributed by atoms with Gasteiger partial charge in [-0.25, -0.2) is 0 Å². The molecule has 0 aromatic heterocycles. The minimum Gasteiger partial charge on any atom is -0.497 e. The van der Waals surface area contributed by atoms with E-state index in [2.05, 4.69) is 10.6 Å². The van der Waals surface area contributed by atoms with Gasteiger partial charge >= 0.3 is 0 Å². The van der Waals surface area contributed by atoms with Gasteiger partial charge in [0, 0.05) is 23.9 Å². The van der Waals surface area contributed by atoms with Crippen molar-refractivity contribution in [1.29, 1.82) is 5.26 Å². The van der Waals surface area contributed by atoms with Gasteiger partial charge < -0.3 is 20.1 Å². The number of hydrogen-bond acceptors (Lipinski definition) is 5. The number of nitrogens with zero attached hydrogens (tertiary/aromatic N) is 1. The maximum absolute atomic E-state index is 11.3. The number of nitrogens with one attached hydrogen (secondary N) is 2. The van der Waals surface area contributed by atoms with Crippen LogP contribution in [0.2, 0.25) is 0 Å². The highest BCUT2D eigenvalue weighted by Gasteiger charge is 2.04. The zero-order chi connectivity index (χ0) is 13.4. The molecule has 0 aliphatic heterocycles. The van der Waals surface area contributed by atoms with E-state index in [9.17, 15) is 4.79 Å². The van der Waals surface area contributed by atoms with Crippen LogP contribution in [0.4, 0.5) is 5.69 Å². The third kappa shape index (κ3) is 4.22. The lowest BCUT2D eigenvalue weighted by Crippen LogP contribution is -2.29. The van der Waals surface area contributed by atoms with Crippen LogP contribution in [0.15, 0.2) is 18.2 Å². The van der Waals surface area contributed by atoms with Crippen molar-refractivity contribution in [3.8, 4) is 17.6 Å². The summed E-state index contributed by atoms with van der Waals surface area (Å²) in [4.78, 5) is 11.3. The van der Waals surface area contributed by atoms with E-state index in [1.165, 1.54) is 0 Å². The zero-order valence-corrected chi connectivity index (χ0v) is 10.3. The van der Waals surface area contributed by atoms with Crippen LogP contribution in [0, 0.1) is 11.3 Å². The van der Waals surface area contributed by atoms with E-state index in [0.717, 1.165) is 0 Å². The van der Waals surface area contributed by atoms with E-state index >= 15 is 0 Å². The molecule has 1 rings (SSSR count). The number of nitriles is 1. The Balaban J connectivity index is 2.61. The van der Waals surface area contributed by atoms with Gasteiger partial charge in [-0.2, -0.15) is 5.26 Å². The fourth-order valence-corrected chi connectivity index (χ4v) is 1.29. The van der Waals surface area contributed by atoms with Crippen molar-refractivity contribution in [1.82, 2.24) is 5.32 Å². The number of benzene rings is 1. The molecule has 0 saturated heterocycles. The summed E-state index contributed by atoms with van der Waals surface area (Å²) >= 11 is 0. The Hall–Kier alpha value is -2.42. The lowest BCUT2D eigenvalue weighted by atomic mass is 10.2. The second-order valence-corrected chi connectivity index (χ2v) is 3.39. The molecule has 0 aliphatic rings. The van der Waals surface area contributed by atoms with Crippen molar-refractivity contribution in [2.24, 2.45) is 0 Å². The summed E-state index contributed by atoms with van der Waals surface area (Å²) in [7, 11) is 3.11. The van der Waals surface area contributed by atoms with Gasteiger partial charge in [0.15, 0.2) is 0 Å². The van der Waals surface area contributed by atoms with Gasteiger partial charge in [0.2, 0.25) is 5.91 Å². The molecule has 2 N–H and O–H groups in total. The monoisotopic (exact) mass is 249 g/mol. The molecular weight excluding hydrogens is 234 g/mol. The molecule has 96 valence electrons. The molecule has 1 aromatic carbocycles. The average Bonchev–Trinajstić information content (AvgIpc) is 2.42. The van der Waals surface area contributed by atoms with Crippen LogP contribution in [0.25, 0.3) is 0 Å². The van der Waals surface area contributed by atoms with Crippen molar-refractivity contribution in [2.45, 2.75) is 0 Å². The molecule has 1 amide bonds. The quantitative estimate of drug-likeness (QED) is 0.727. The largest absolute Gasteiger partial charge is 0.497 e. The number of ether oxygens (including phenoxy) is 2. The molecule has 1 aromatic rings. The summed E-state index contributed by atoms with van der Waals surface area (Å²) in [6, 6.07) is 7.07. The van der Waals surface area contributed by atoms with Gasteiger partial charge in [-0.1, -0.05) is 0 Å². The summed E-state index contributed by atoms with van der Waals surface area (Å²) in [5.74, 6) is 1.02. The molecule has 18 heavy (non-hydrogen) atoms. The highest BCUT2D eigenvalue weighted by Crippen LogP contribution is 2.25. The fourth-order valence-electron chi connectivity index (χ4n) is 1.29. The third-order valence-corrected chi connectivity index (χ3v) is 2.17. The minimum atomic E-state index is -0.252. The van der Waals surface area contributed by atoms with E-state index in [1.54, 1.807) is 32.4 Å². The predicted octanol–water partition coefficient (Wildman–Crippen LogP) is 0.755. The first-order chi connectivity index (χ1) is 8.69. The number of anilines is 1. The molecule has 6 heteroatoms. The molecule has 6 nitrogen and oxygen atoms in total. The summed E-state index contributed by atoms with van der Waals surface area (Å²) in [6.07, 6.45) is 0. The van der Waals surface area contributed by atoms with Crippen LogP contribution in [0.5, 0.6) is 11.5 Å². The number of rotatable bonds is 6. The predicted molar refractivity (Wildman–Crippen MR) is 66.7 cm³/mol. The van der Waals surface area contributed by atoms with Gasteiger partial charge in [0.05, 0.1) is 26.8 Å². The average molecular weight is 249 g/mol. The summed E-state index contributed by atoms with van der Waals surface area (Å²) in [6.45, 7) is 0.0833. The van der Waals surface area contributed by atoms with Gasteiger partial charge in [-0.3, -0.25) is 4.79 Å². The van der Waals surface area contributed by atoms with Crippen LogP contribution in [0.1, 0.15) is 0 Å². The molecule has 0 spiro atoms. The molecule has 0 saturated carbocycles. The molecule has 0 unspecified atom stereocenters. The van der Waals surface area contributed by atoms with Crippen LogP contribution in [0.3, 0.4) is 0 Å². The number of carbonyl (C=O) groups excluding carboxylic acids is 1. The molecule has 0 fully saturated rings. The van der Waals surface area contributed by atoms with Crippen molar-refractivity contribution in [3.63, 3.8) is 0 Å². The summed E-state index contributed by atoms with van der Waals surface area (Å²) in [5, 5.41) is 13.7. The highest BCUT2D eigenvalue weighted by atomic mass is 16.5. The Bertz CT molecular complexity index is 432. The lowest BCUT2D eigenvalue weighted by molar-refractivity contribution is -0.119. The second kappa shape index (κ2) is 7.01. The van der Waals surface area contributed by atoms with E-state index in [0.29, 0.717) is 17.2 Å². The molecule has 0 bridgehead atoms. The Kier molecular flexibility index (Phi) is 5.32. The standard InChI is InChI=1S/C12H15N3O3/c1-17-10-5-9(6-11(7-10)18-2)15-8-12(16)14-4-3-13/h5-7,15H,4,8H2,1-2H3,(H,14,16). The Labute approximate surface area is 106 Å². The SMILES string of the molecule is COc1cc(NCC(=O)NCC#N)cc(OC)c1. The third-order valence-electron chi connectivity index (χ3n) is 2.17. The van der Waals surface area contributed by atoms with Crippen LogP contribution < -0.4 is 20.1 Å². The van der Waals surface area contributed by atoms with Crippen LogP contribution in [-0.2, 0) is 4.79 Å². The van der Waals surface area contributed by atoms with Crippen molar-refractivity contribution in [2.75, 3.05) is 32.6 Å². The first kappa shape index (κ1) is 13.6. The molecule has 0 heterocycles. The molecule has 0 radical (unpaired) electrons. The highest BCUT2D eigenvalue weighted by molar-refractivity contribution is 5.81. The normalized spacial score (nSPS) is 9.17. The second-order valence-electron chi connectivity index (χ2n) is 3.39. The first-order valence-electron chi connectivity index (χ1n) is 5.30. The van der Waals surface area contributed by atoms with Crippen LogP contribution in [-0.4, -0.2) is 33.2 Å². The number of hydrogen-bond donors (Lipinski definition) is 2. The number of methoxy groups -OCH3 is 2. The Morgan fingerprint density at radius 3 is 2.39 bits per heavy atom. The Morgan fingerprint density at radius 2 is 1.89 bits per heavy atom. The van der Waals surface area contributed by atoms with Gasteiger partial charge in [0.25, 0.3) is 0 Å². The topological polar surface area (TPSA) is 83.4 Å². The van der Waals surface area contributed by atoms with E-state index in [-0.39, 0.29) is 19.0 Å². The summed E-state index contributed by atoms with van der Waals surface area (Å²) in [5.41, 5.74) is 0.707. The molecule has 0 aliphatic carbocycles. The first-order valence-corrected chi connectivity index (χ1v) is 5.30. The molecule has 0 atom stereocenters. The van der Waals surface area contributed by atoms with E-state index in [4.69, 9.17) is 14.7 Å². The fraction of sp³-hybridized carbons (Fsp3) is 0.333. The lowest BCUT2D eigenvalue weighted by Gasteiger charge is -2.10. The van der Waals surface area contributed by atoms with Crippen molar-refractivity contribution in [3.05, 3.63) is 18.2 Å². The maximum Gasteiger partial charge on any atom is 0.240 e. The smallest absolute Gasteiger partial charge is 0.240 e. The number of carbonyl (C=O) groups is 1. The molecular formula is C12H15N3O3. The van der Waals surface area contributed by atoms with Gasteiger partial charge in [-0.15, -0.1) is 0 Å². The zero-order valence-electron chi connectivity index (χ0n) is 10.3. The van der Waals surface area contributed by atoms with Gasteiger partial charge in [-0.05, 0) is 0 Å².